The molecule has 6 aromatic rings. The highest BCUT2D eigenvalue weighted by Gasteiger charge is 2.28. The maximum Gasteiger partial charge on any atom is 0.264 e. The van der Waals surface area contributed by atoms with E-state index in [1.165, 1.54) is 9.87 Å². The van der Waals surface area contributed by atoms with E-state index in [0.717, 1.165) is 26.4 Å². The zero-order chi connectivity index (χ0) is 29.1. The predicted molar refractivity (Wildman–Crippen MR) is 170 cm³/mol. The number of fused-ring (bicyclic) bond motifs is 1. The Labute approximate surface area is 249 Å². The molecule has 0 fully saturated rings. The Hall–Kier alpha value is -4.79. The molecule has 0 aliphatic carbocycles. The molecule has 1 aromatic heterocycles. The molecular formula is C34H27N3O3S2. The van der Waals surface area contributed by atoms with Crippen molar-refractivity contribution in [3.8, 4) is 10.6 Å². The van der Waals surface area contributed by atoms with Gasteiger partial charge in [-0.1, -0.05) is 66.7 Å². The van der Waals surface area contributed by atoms with Crippen molar-refractivity contribution in [3.05, 3.63) is 144 Å². The predicted octanol–water partition coefficient (Wildman–Crippen LogP) is 7.92. The Morgan fingerprint density at radius 2 is 1.48 bits per heavy atom. The molecular weight excluding hydrogens is 563 g/mol. The van der Waals surface area contributed by atoms with Crippen molar-refractivity contribution >= 4 is 48.9 Å². The molecule has 0 unspecified atom stereocenters. The summed E-state index contributed by atoms with van der Waals surface area (Å²) in [6, 6.07) is 38.1. The van der Waals surface area contributed by atoms with Gasteiger partial charge in [0.15, 0.2) is 0 Å². The summed E-state index contributed by atoms with van der Waals surface area (Å²) in [4.78, 5) is 18.5. The van der Waals surface area contributed by atoms with E-state index in [4.69, 9.17) is 4.98 Å². The number of hydrogen-bond acceptors (Lipinski definition) is 5. The molecule has 0 aliphatic heterocycles. The monoisotopic (exact) mass is 589 g/mol. The molecule has 8 heteroatoms. The lowest BCUT2D eigenvalue weighted by Crippen LogP contribution is -2.32. The van der Waals surface area contributed by atoms with Crippen molar-refractivity contribution in [2.75, 3.05) is 9.62 Å². The number of carbonyl (C=O) groups excluding carboxylic acids is 1. The highest BCUT2D eigenvalue weighted by atomic mass is 32.2. The van der Waals surface area contributed by atoms with Crippen LogP contribution in [0.4, 0.5) is 11.4 Å². The van der Waals surface area contributed by atoms with Crippen LogP contribution >= 0.6 is 11.3 Å². The molecule has 0 spiro atoms. The smallest absolute Gasteiger partial charge is 0.264 e. The van der Waals surface area contributed by atoms with Crippen LogP contribution in [0.3, 0.4) is 0 Å². The van der Waals surface area contributed by atoms with Crippen LogP contribution in [-0.2, 0) is 16.6 Å². The van der Waals surface area contributed by atoms with E-state index in [9.17, 15) is 13.2 Å². The summed E-state index contributed by atoms with van der Waals surface area (Å²) in [6.07, 6.45) is 0. The van der Waals surface area contributed by atoms with E-state index >= 15 is 0 Å². The summed E-state index contributed by atoms with van der Waals surface area (Å²) >= 11 is 1.63. The SMILES string of the molecule is Cc1ccc2nc(-c3ccc(NC(=O)c4ccccc4N(Cc4ccccc4)S(=O)(=O)c4ccccc4)cc3)sc2c1. The van der Waals surface area contributed by atoms with Gasteiger partial charge in [-0.2, -0.15) is 0 Å². The maximum atomic E-state index is 13.9. The van der Waals surface area contributed by atoms with Gasteiger partial charge in [0.05, 0.1) is 32.9 Å². The molecule has 208 valence electrons. The second-order valence-electron chi connectivity index (χ2n) is 9.85. The summed E-state index contributed by atoms with van der Waals surface area (Å²) in [5.74, 6) is -0.407. The zero-order valence-electron chi connectivity index (χ0n) is 22.8. The van der Waals surface area contributed by atoms with Gasteiger partial charge >= 0.3 is 0 Å². The summed E-state index contributed by atoms with van der Waals surface area (Å²) < 4.78 is 30.3. The fraction of sp³-hybridized carbons (Fsp3) is 0.0588. The van der Waals surface area contributed by atoms with Crippen LogP contribution in [0.2, 0.25) is 0 Å². The summed E-state index contributed by atoms with van der Waals surface area (Å²) in [5, 5.41) is 3.85. The molecule has 1 heterocycles. The quantitative estimate of drug-likeness (QED) is 0.196. The molecule has 0 bridgehead atoms. The minimum atomic E-state index is -3.98. The van der Waals surface area contributed by atoms with Gasteiger partial charge in [-0.3, -0.25) is 9.10 Å². The highest BCUT2D eigenvalue weighted by molar-refractivity contribution is 7.92. The summed E-state index contributed by atoms with van der Waals surface area (Å²) in [5.41, 5.74) is 5.04. The van der Waals surface area contributed by atoms with Crippen LogP contribution in [0.1, 0.15) is 21.5 Å². The van der Waals surface area contributed by atoms with Crippen molar-refractivity contribution in [2.24, 2.45) is 0 Å². The number of hydrogen-bond donors (Lipinski definition) is 1. The molecule has 0 radical (unpaired) electrons. The van der Waals surface area contributed by atoms with Crippen LogP contribution in [0.15, 0.2) is 132 Å². The third kappa shape index (κ3) is 5.68. The molecule has 42 heavy (non-hydrogen) atoms. The molecule has 0 saturated heterocycles. The van der Waals surface area contributed by atoms with Crippen molar-refractivity contribution < 1.29 is 13.2 Å². The number of carbonyl (C=O) groups is 1. The first-order chi connectivity index (χ1) is 20.4. The number of amides is 1. The number of benzene rings is 5. The maximum absolute atomic E-state index is 13.9. The Kier molecular flexibility index (Phi) is 7.56. The van der Waals surface area contributed by atoms with Gasteiger partial charge in [-0.05, 0) is 78.7 Å². The van der Waals surface area contributed by atoms with Crippen LogP contribution in [0.25, 0.3) is 20.8 Å². The number of aromatic nitrogens is 1. The molecule has 1 N–H and O–H groups in total. The average Bonchev–Trinajstić information content (AvgIpc) is 3.44. The molecule has 6 rings (SSSR count). The van der Waals surface area contributed by atoms with Gasteiger partial charge in [0, 0.05) is 11.3 Å². The van der Waals surface area contributed by atoms with Gasteiger partial charge in [0.25, 0.3) is 15.9 Å². The fourth-order valence-corrected chi connectivity index (χ4v) is 7.26. The first-order valence-corrected chi connectivity index (χ1v) is 15.6. The van der Waals surface area contributed by atoms with Crippen molar-refractivity contribution in [1.29, 1.82) is 0 Å². The van der Waals surface area contributed by atoms with Gasteiger partial charge < -0.3 is 5.32 Å². The number of para-hydroxylation sites is 1. The molecule has 5 aromatic carbocycles. The third-order valence-corrected chi connectivity index (χ3v) is 9.69. The standard InChI is InChI=1S/C34H27N3O3S2/c1-24-16-21-30-32(22-24)41-34(36-30)26-17-19-27(20-18-26)35-33(38)29-14-8-9-15-31(29)37(23-25-10-4-2-5-11-25)42(39,40)28-12-6-3-7-13-28/h2-22H,23H2,1H3,(H,35,38). The normalized spacial score (nSPS) is 11.4. The summed E-state index contributed by atoms with van der Waals surface area (Å²) in [7, 11) is -3.98. The number of thiazole rings is 1. The first-order valence-electron chi connectivity index (χ1n) is 13.4. The van der Waals surface area contributed by atoms with Crippen LogP contribution in [-0.4, -0.2) is 19.3 Å². The van der Waals surface area contributed by atoms with E-state index in [0.29, 0.717) is 11.4 Å². The minimum absolute atomic E-state index is 0.0682. The van der Waals surface area contributed by atoms with E-state index in [-0.39, 0.29) is 17.0 Å². The minimum Gasteiger partial charge on any atom is -0.322 e. The van der Waals surface area contributed by atoms with Crippen LogP contribution in [0.5, 0.6) is 0 Å². The van der Waals surface area contributed by atoms with Crippen molar-refractivity contribution in [2.45, 2.75) is 18.4 Å². The number of nitrogens with zero attached hydrogens (tertiary/aromatic N) is 2. The second-order valence-corrected chi connectivity index (χ2v) is 12.7. The lowest BCUT2D eigenvalue weighted by molar-refractivity contribution is 0.102. The van der Waals surface area contributed by atoms with E-state index in [1.807, 2.05) is 66.7 Å². The van der Waals surface area contributed by atoms with E-state index < -0.39 is 15.9 Å². The van der Waals surface area contributed by atoms with Crippen LogP contribution in [0, 0.1) is 6.92 Å². The van der Waals surface area contributed by atoms with Gasteiger partial charge in [-0.15, -0.1) is 11.3 Å². The zero-order valence-corrected chi connectivity index (χ0v) is 24.4. The Bertz CT molecular complexity index is 1970. The fourth-order valence-electron chi connectivity index (χ4n) is 4.70. The number of nitrogens with one attached hydrogen (secondary N) is 1. The number of rotatable bonds is 8. The molecule has 0 saturated carbocycles. The summed E-state index contributed by atoms with van der Waals surface area (Å²) in [6.45, 7) is 2.13. The Balaban J connectivity index is 1.30. The lowest BCUT2D eigenvalue weighted by Gasteiger charge is -2.26. The molecule has 0 atom stereocenters. The van der Waals surface area contributed by atoms with E-state index in [2.05, 4.69) is 18.3 Å². The largest absolute Gasteiger partial charge is 0.322 e. The average molecular weight is 590 g/mol. The second kappa shape index (κ2) is 11.6. The van der Waals surface area contributed by atoms with Gasteiger partial charge in [0.1, 0.15) is 5.01 Å². The number of aryl methyl sites for hydroxylation is 1. The van der Waals surface area contributed by atoms with Gasteiger partial charge in [-0.25, -0.2) is 13.4 Å². The van der Waals surface area contributed by atoms with Gasteiger partial charge in [0.2, 0.25) is 0 Å². The highest BCUT2D eigenvalue weighted by Crippen LogP contribution is 2.32. The van der Waals surface area contributed by atoms with Crippen molar-refractivity contribution in [3.63, 3.8) is 0 Å². The molecule has 0 aliphatic rings. The van der Waals surface area contributed by atoms with E-state index in [1.54, 1.807) is 65.9 Å². The molecule has 6 nitrogen and oxygen atoms in total. The Morgan fingerprint density at radius 1 is 0.810 bits per heavy atom. The topological polar surface area (TPSA) is 79.4 Å². The Morgan fingerprint density at radius 3 is 2.21 bits per heavy atom. The first kappa shape index (κ1) is 27.4. The lowest BCUT2D eigenvalue weighted by atomic mass is 10.1. The van der Waals surface area contributed by atoms with Crippen LogP contribution < -0.4 is 9.62 Å². The number of sulfonamides is 1. The van der Waals surface area contributed by atoms with Crippen molar-refractivity contribution in [1.82, 2.24) is 4.98 Å². The molecule has 1 amide bonds. The third-order valence-electron chi connectivity index (χ3n) is 6.85. The number of anilines is 2.